The van der Waals surface area contributed by atoms with Gasteiger partial charge in [0.1, 0.15) is 0 Å². The number of hydrogen-bond acceptors (Lipinski definition) is 4. The standard InChI is InChI=1S/C20H32N4O.2ClH/c1-3-10-24(19-8-9-21-15-19)20(25)18-6-4-17(5-7-18)16-23-13-11-22(2)12-14-23;;/h4-7,19,21H,3,8-16H2,1-2H3;2*1H. The van der Waals surface area contributed by atoms with Gasteiger partial charge in [0.25, 0.3) is 5.91 Å². The first-order valence-corrected chi connectivity index (χ1v) is 9.69. The van der Waals surface area contributed by atoms with E-state index in [1.165, 1.54) is 5.56 Å². The first-order chi connectivity index (χ1) is 12.2. The van der Waals surface area contributed by atoms with Crippen LogP contribution in [0.25, 0.3) is 0 Å². The van der Waals surface area contributed by atoms with Crippen LogP contribution in [0.4, 0.5) is 0 Å². The van der Waals surface area contributed by atoms with Crippen molar-refractivity contribution in [1.82, 2.24) is 20.0 Å². The van der Waals surface area contributed by atoms with E-state index in [1.807, 2.05) is 12.1 Å². The monoisotopic (exact) mass is 416 g/mol. The molecule has 7 heteroatoms. The van der Waals surface area contributed by atoms with Crippen molar-refractivity contribution >= 4 is 30.7 Å². The van der Waals surface area contributed by atoms with Crippen molar-refractivity contribution in [1.29, 1.82) is 0 Å². The summed E-state index contributed by atoms with van der Waals surface area (Å²) >= 11 is 0. The molecule has 0 saturated carbocycles. The highest BCUT2D eigenvalue weighted by molar-refractivity contribution is 5.94. The minimum absolute atomic E-state index is 0. The van der Waals surface area contributed by atoms with Gasteiger partial charge in [0, 0.05) is 57.4 Å². The van der Waals surface area contributed by atoms with E-state index in [1.54, 1.807) is 0 Å². The summed E-state index contributed by atoms with van der Waals surface area (Å²) in [7, 11) is 2.18. The van der Waals surface area contributed by atoms with Gasteiger partial charge in [0.2, 0.25) is 0 Å². The van der Waals surface area contributed by atoms with Crippen LogP contribution in [0.2, 0.25) is 0 Å². The lowest BCUT2D eigenvalue weighted by Gasteiger charge is -2.32. The number of piperazine rings is 1. The minimum Gasteiger partial charge on any atom is -0.334 e. The molecule has 1 atom stereocenters. The van der Waals surface area contributed by atoms with Crippen molar-refractivity contribution in [2.45, 2.75) is 32.4 Å². The molecular formula is C20H34Cl2N4O. The van der Waals surface area contributed by atoms with E-state index in [4.69, 9.17) is 0 Å². The number of benzene rings is 1. The van der Waals surface area contributed by atoms with Crippen molar-refractivity contribution in [2.24, 2.45) is 0 Å². The van der Waals surface area contributed by atoms with E-state index in [2.05, 4.69) is 46.1 Å². The van der Waals surface area contributed by atoms with Gasteiger partial charge >= 0.3 is 0 Å². The Bertz CT molecular complexity index is 556. The molecule has 1 amide bonds. The summed E-state index contributed by atoms with van der Waals surface area (Å²) < 4.78 is 0. The third kappa shape index (κ3) is 6.61. The molecule has 1 aromatic carbocycles. The highest BCUT2D eigenvalue weighted by Crippen LogP contribution is 2.16. The van der Waals surface area contributed by atoms with Crippen LogP contribution in [0.3, 0.4) is 0 Å². The number of carbonyl (C=O) groups excluding carboxylic acids is 1. The van der Waals surface area contributed by atoms with Crippen LogP contribution in [0, 0.1) is 0 Å². The Balaban J connectivity index is 0.00000182. The van der Waals surface area contributed by atoms with Crippen LogP contribution in [-0.4, -0.2) is 79.5 Å². The summed E-state index contributed by atoms with van der Waals surface area (Å²) in [5.74, 6) is 0.182. The third-order valence-corrected chi connectivity index (χ3v) is 5.40. The number of nitrogens with one attached hydrogen (secondary N) is 1. The van der Waals surface area contributed by atoms with Crippen LogP contribution in [0.1, 0.15) is 35.7 Å². The predicted molar refractivity (Wildman–Crippen MR) is 116 cm³/mol. The molecule has 0 spiro atoms. The maximum Gasteiger partial charge on any atom is 0.254 e. The van der Waals surface area contributed by atoms with Crippen LogP contribution in [0.5, 0.6) is 0 Å². The van der Waals surface area contributed by atoms with Gasteiger partial charge in [-0.05, 0) is 44.1 Å². The van der Waals surface area contributed by atoms with E-state index in [-0.39, 0.29) is 30.7 Å². The summed E-state index contributed by atoms with van der Waals surface area (Å²) in [5, 5.41) is 3.37. The number of amides is 1. The van der Waals surface area contributed by atoms with E-state index in [0.29, 0.717) is 6.04 Å². The Morgan fingerprint density at radius 2 is 1.81 bits per heavy atom. The third-order valence-electron chi connectivity index (χ3n) is 5.40. The van der Waals surface area contributed by atoms with Gasteiger partial charge in [-0.1, -0.05) is 19.1 Å². The van der Waals surface area contributed by atoms with E-state index in [9.17, 15) is 4.79 Å². The maximum atomic E-state index is 12.9. The van der Waals surface area contributed by atoms with E-state index < -0.39 is 0 Å². The second-order valence-corrected chi connectivity index (χ2v) is 7.42. The van der Waals surface area contributed by atoms with Crippen molar-refractivity contribution < 1.29 is 4.79 Å². The van der Waals surface area contributed by atoms with Crippen molar-refractivity contribution in [3.05, 3.63) is 35.4 Å². The van der Waals surface area contributed by atoms with Gasteiger partial charge < -0.3 is 15.1 Å². The average Bonchev–Trinajstić information content (AvgIpc) is 3.16. The molecule has 1 unspecified atom stereocenters. The van der Waals surface area contributed by atoms with Gasteiger partial charge in [0.15, 0.2) is 0 Å². The second kappa shape index (κ2) is 11.9. The summed E-state index contributed by atoms with van der Waals surface area (Å²) in [6.07, 6.45) is 2.07. The molecule has 27 heavy (non-hydrogen) atoms. The van der Waals surface area contributed by atoms with Crippen molar-refractivity contribution in [2.75, 3.05) is 52.9 Å². The molecule has 1 aromatic rings. The molecule has 2 aliphatic heterocycles. The van der Waals surface area contributed by atoms with E-state index in [0.717, 1.165) is 70.8 Å². The normalized spacial score (nSPS) is 20.6. The number of carbonyl (C=O) groups is 1. The highest BCUT2D eigenvalue weighted by atomic mass is 35.5. The Morgan fingerprint density at radius 3 is 2.37 bits per heavy atom. The van der Waals surface area contributed by atoms with Crippen LogP contribution < -0.4 is 5.32 Å². The molecule has 2 heterocycles. The fourth-order valence-electron chi connectivity index (χ4n) is 3.78. The summed E-state index contributed by atoms with van der Waals surface area (Å²) in [6, 6.07) is 8.63. The minimum atomic E-state index is 0. The molecule has 0 aromatic heterocycles. The van der Waals surface area contributed by atoms with Crippen LogP contribution in [-0.2, 0) is 6.54 Å². The summed E-state index contributed by atoms with van der Waals surface area (Å²) in [6.45, 7) is 10.4. The number of nitrogens with zero attached hydrogens (tertiary/aromatic N) is 3. The van der Waals surface area contributed by atoms with Crippen molar-refractivity contribution in [3.8, 4) is 0 Å². The van der Waals surface area contributed by atoms with Crippen molar-refractivity contribution in [3.63, 3.8) is 0 Å². The van der Waals surface area contributed by atoms with Crippen LogP contribution >= 0.6 is 24.8 Å². The molecule has 154 valence electrons. The van der Waals surface area contributed by atoms with Gasteiger partial charge in [0.05, 0.1) is 0 Å². The van der Waals surface area contributed by atoms with Gasteiger partial charge in [-0.2, -0.15) is 0 Å². The molecule has 1 N–H and O–H groups in total. The molecule has 2 saturated heterocycles. The topological polar surface area (TPSA) is 38.8 Å². The Hall–Kier alpha value is -0.850. The smallest absolute Gasteiger partial charge is 0.254 e. The maximum absolute atomic E-state index is 12.9. The molecule has 5 nitrogen and oxygen atoms in total. The number of rotatable bonds is 6. The molecule has 3 rings (SSSR count). The van der Waals surface area contributed by atoms with Gasteiger partial charge in [-0.25, -0.2) is 0 Å². The lowest BCUT2D eigenvalue weighted by Crippen LogP contribution is -2.43. The fraction of sp³-hybridized carbons (Fsp3) is 0.650. The largest absolute Gasteiger partial charge is 0.334 e. The zero-order valence-electron chi connectivity index (χ0n) is 16.5. The summed E-state index contributed by atoms with van der Waals surface area (Å²) in [5.41, 5.74) is 2.12. The predicted octanol–water partition coefficient (Wildman–Crippen LogP) is 2.49. The Morgan fingerprint density at radius 1 is 1.15 bits per heavy atom. The molecule has 0 radical (unpaired) electrons. The Kier molecular flexibility index (Phi) is 10.6. The molecule has 0 aliphatic carbocycles. The van der Waals surface area contributed by atoms with Gasteiger partial charge in [-0.15, -0.1) is 24.8 Å². The lowest BCUT2D eigenvalue weighted by atomic mass is 10.1. The van der Waals surface area contributed by atoms with Gasteiger partial charge in [-0.3, -0.25) is 9.69 Å². The second-order valence-electron chi connectivity index (χ2n) is 7.42. The first-order valence-electron chi connectivity index (χ1n) is 9.69. The van der Waals surface area contributed by atoms with E-state index >= 15 is 0 Å². The first kappa shape index (κ1) is 24.2. The molecule has 0 bridgehead atoms. The number of hydrogen-bond donors (Lipinski definition) is 1. The zero-order valence-corrected chi connectivity index (χ0v) is 18.2. The Labute approximate surface area is 176 Å². The fourth-order valence-corrected chi connectivity index (χ4v) is 3.78. The molecular weight excluding hydrogens is 383 g/mol. The average molecular weight is 417 g/mol. The molecule has 2 aliphatic rings. The highest BCUT2D eigenvalue weighted by Gasteiger charge is 2.26. The number of halogens is 2. The lowest BCUT2D eigenvalue weighted by molar-refractivity contribution is 0.0692. The summed E-state index contributed by atoms with van der Waals surface area (Å²) in [4.78, 5) is 19.9. The molecule has 2 fully saturated rings. The zero-order chi connectivity index (χ0) is 17.6. The SMILES string of the molecule is CCCN(C(=O)c1ccc(CN2CCN(C)CC2)cc1)C1CCNC1.Cl.Cl. The quantitative estimate of drug-likeness (QED) is 0.772. The van der Waals surface area contributed by atoms with Crippen LogP contribution in [0.15, 0.2) is 24.3 Å². The number of likely N-dealkylation sites (N-methyl/N-ethyl adjacent to an activating group) is 1.